The lowest BCUT2D eigenvalue weighted by atomic mass is 9.86. The van der Waals surface area contributed by atoms with Crippen LogP contribution in [0, 0.1) is 6.92 Å². The zero-order chi connectivity index (χ0) is 19.4. The zero-order valence-corrected chi connectivity index (χ0v) is 16.6. The first-order valence-electron chi connectivity index (χ1n) is 9.56. The lowest BCUT2D eigenvalue weighted by molar-refractivity contribution is 0.226. The molecule has 2 aromatic heterocycles. The molecule has 2 atom stereocenters. The summed E-state index contributed by atoms with van der Waals surface area (Å²) in [5.41, 5.74) is 5.66. The van der Waals surface area contributed by atoms with Crippen molar-refractivity contribution in [1.29, 1.82) is 0 Å². The van der Waals surface area contributed by atoms with Crippen LogP contribution in [0.15, 0.2) is 77.9 Å². The maximum atomic E-state index is 6.60. The van der Waals surface area contributed by atoms with E-state index in [1.54, 1.807) is 17.7 Å². The highest BCUT2D eigenvalue weighted by molar-refractivity contribution is 7.10. The number of hydrogen-bond donors (Lipinski definition) is 1. The minimum atomic E-state index is -0.185. The van der Waals surface area contributed by atoms with Gasteiger partial charge in [0.25, 0.3) is 0 Å². The van der Waals surface area contributed by atoms with Crippen molar-refractivity contribution < 1.29 is 4.74 Å². The molecule has 0 fully saturated rings. The maximum absolute atomic E-state index is 6.60. The summed E-state index contributed by atoms with van der Waals surface area (Å²) in [5.74, 6) is 1.64. The molecule has 0 bridgehead atoms. The van der Waals surface area contributed by atoms with Gasteiger partial charge in [-0.2, -0.15) is 10.1 Å². The fraction of sp³-hybridized carbons (Fsp3) is 0.130. The standard InChI is InChI=1S/C23H18N4OS/c1-14-9-10-17-16(12-14)20-19(22(28-17)18-8-5-11-29-18)21(15-6-3-2-4-7-15)27-23(26-20)24-13-25-27/h2-13,21-22H,1H3,(H,24,25,26)/t21-,22-/m0/s1. The Kier molecular flexibility index (Phi) is 3.61. The van der Waals surface area contributed by atoms with E-state index in [-0.39, 0.29) is 12.1 Å². The summed E-state index contributed by atoms with van der Waals surface area (Å²) in [6, 6.07) is 20.9. The Morgan fingerprint density at radius 3 is 2.79 bits per heavy atom. The van der Waals surface area contributed by atoms with Crippen LogP contribution in [0.2, 0.25) is 0 Å². The molecule has 6 rings (SSSR count). The van der Waals surface area contributed by atoms with Gasteiger partial charge in [0, 0.05) is 16.0 Å². The van der Waals surface area contributed by atoms with Crippen molar-refractivity contribution in [2.24, 2.45) is 0 Å². The second kappa shape index (κ2) is 6.32. The molecule has 2 aliphatic heterocycles. The van der Waals surface area contributed by atoms with E-state index in [0.717, 1.165) is 34.1 Å². The number of rotatable bonds is 2. The number of fused-ring (bicyclic) bond motifs is 3. The van der Waals surface area contributed by atoms with Gasteiger partial charge in [-0.3, -0.25) is 0 Å². The van der Waals surface area contributed by atoms with Crippen molar-refractivity contribution >= 4 is 23.0 Å². The van der Waals surface area contributed by atoms with Crippen molar-refractivity contribution in [2.45, 2.75) is 19.1 Å². The van der Waals surface area contributed by atoms with Gasteiger partial charge < -0.3 is 10.1 Å². The van der Waals surface area contributed by atoms with Crippen LogP contribution in [-0.2, 0) is 0 Å². The van der Waals surface area contributed by atoms with Crippen LogP contribution < -0.4 is 10.1 Å². The Morgan fingerprint density at radius 1 is 1.07 bits per heavy atom. The Bertz CT molecular complexity index is 1230. The van der Waals surface area contributed by atoms with Gasteiger partial charge in [-0.15, -0.1) is 11.3 Å². The molecular formula is C23H18N4OS. The molecule has 0 unspecified atom stereocenters. The third-order valence-electron chi connectivity index (χ3n) is 5.49. The van der Waals surface area contributed by atoms with E-state index in [1.165, 1.54) is 10.4 Å². The average molecular weight is 398 g/mol. The summed E-state index contributed by atoms with van der Waals surface area (Å²) in [7, 11) is 0. The van der Waals surface area contributed by atoms with Gasteiger partial charge in [0.2, 0.25) is 5.95 Å². The minimum Gasteiger partial charge on any atom is -0.480 e. The second-order valence-electron chi connectivity index (χ2n) is 7.31. The van der Waals surface area contributed by atoms with E-state index in [1.807, 2.05) is 10.7 Å². The fourth-order valence-corrected chi connectivity index (χ4v) is 4.99. The normalized spacial score (nSPS) is 19.6. The second-order valence-corrected chi connectivity index (χ2v) is 8.29. The van der Waals surface area contributed by atoms with Gasteiger partial charge in [0.05, 0.1) is 5.70 Å². The molecule has 6 heteroatoms. The number of hydrogen-bond acceptors (Lipinski definition) is 5. The molecule has 0 aliphatic carbocycles. The lowest BCUT2D eigenvalue weighted by Crippen LogP contribution is -2.32. The molecule has 4 heterocycles. The van der Waals surface area contributed by atoms with E-state index < -0.39 is 0 Å². The van der Waals surface area contributed by atoms with Gasteiger partial charge in [0.1, 0.15) is 18.1 Å². The highest BCUT2D eigenvalue weighted by Gasteiger charge is 2.41. The van der Waals surface area contributed by atoms with E-state index >= 15 is 0 Å². The number of anilines is 1. The van der Waals surface area contributed by atoms with E-state index in [0.29, 0.717) is 0 Å². The lowest BCUT2D eigenvalue weighted by Gasteiger charge is -2.38. The SMILES string of the molecule is Cc1ccc2c(c1)C1=C([C@H](c3cccs3)O2)[C@H](c2ccccc2)n2ncnc2N1. The quantitative estimate of drug-likeness (QED) is 0.504. The summed E-state index contributed by atoms with van der Waals surface area (Å²) in [5, 5.41) is 10.2. The van der Waals surface area contributed by atoms with Crippen LogP contribution in [0.5, 0.6) is 5.75 Å². The molecule has 29 heavy (non-hydrogen) atoms. The van der Waals surface area contributed by atoms with Crippen molar-refractivity contribution in [3.8, 4) is 5.75 Å². The monoisotopic (exact) mass is 398 g/mol. The average Bonchev–Trinajstić information content (AvgIpc) is 3.44. The molecule has 0 radical (unpaired) electrons. The predicted molar refractivity (Wildman–Crippen MR) is 114 cm³/mol. The molecule has 4 aromatic rings. The summed E-state index contributed by atoms with van der Waals surface area (Å²) in [6.45, 7) is 2.10. The third-order valence-corrected chi connectivity index (χ3v) is 6.40. The molecule has 0 saturated carbocycles. The topological polar surface area (TPSA) is 52.0 Å². The van der Waals surface area contributed by atoms with Crippen molar-refractivity contribution in [3.63, 3.8) is 0 Å². The van der Waals surface area contributed by atoms with Crippen LogP contribution in [0.1, 0.15) is 33.7 Å². The van der Waals surface area contributed by atoms with E-state index in [2.05, 4.69) is 82.3 Å². The van der Waals surface area contributed by atoms with Crippen molar-refractivity contribution in [2.75, 3.05) is 5.32 Å². The Morgan fingerprint density at radius 2 is 1.97 bits per heavy atom. The van der Waals surface area contributed by atoms with Gasteiger partial charge in [-0.25, -0.2) is 4.68 Å². The molecule has 0 spiro atoms. The number of thiophene rings is 1. The third kappa shape index (κ3) is 2.53. The number of nitrogens with one attached hydrogen (secondary N) is 1. The van der Waals surface area contributed by atoms with Crippen LogP contribution in [0.4, 0.5) is 5.95 Å². The number of ether oxygens (including phenoxy) is 1. The zero-order valence-electron chi connectivity index (χ0n) is 15.7. The molecule has 2 aliphatic rings. The minimum absolute atomic E-state index is 0.0919. The van der Waals surface area contributed by atoms with E-state index in [4.69, 9.17) is 4.74 Å². The van der Waals surface area contributed by atoms with Crippen LogP contribution >= 0.6 is 11.3 Å². The number of aromatic nitrogens is 3. The first-order chi connectivity index (χ1) is 14.3. The molecular weight excluding hydrogens is 380 g/mol. The number of benzene rings is 2. The summed E-state index contributed by atoms with van der Waals surface area (Å²) in [6.07, 6.45) is 1.42. The van der Waals surface area contributed by atoms with Gasteiger partial charge >= 0.3 is 0 Å². The van der Waals surface area contributed by atoms with Gasteiger partial charge in [-0.1, -0.05) is 48.0 Å². The highest BCUT2D eigenvalue weighted by atomic mass is 32.1. The summed E-state index contributed by atoms with van der Waals surface area (Å²) in [4.78, 5) is 5.65. The Labute approximate surface area is 172 Å². The summed E-state index contributed by atoms with van der Waals surface area (Å²) < 4.78 is 8.55. The Hall–Kier alpha value is -3.38. The Balaban J connectivity index is 1.66. The first kappa shape index (κ1) is 16.6. The smallest absolute Gasteiger partial charge is 0.226 e. The molecule has 0 saturated heterocycles. The number of nitrogens with zero attached hydrogens (tertiary/aromatic N) is 3. The van der Waals surface area contributed by atoms with Crippen LogP contribution in [0.3, 0.4) is 0 Å². The maximum Gasteiger partial charge on any atom is 0.226 e. The largest absolute Gasteiger partial charge is 0.480 e. The molecule has 5 nitrogen and oxygen atoms in total. The molecule has 142 valence electrons. The van der Waals surface area contributed by atoms with Crippen molar-refractivity contribution in [1.82, 2.24) is 14.8 Å². The predicted octanol–water partition coefficient (Wildman–Crippen LogP) is 5.21. The highest BCUT2D eigenvalue weighted by Crippen LogP contribution is 2.51. The van der Waals surface area contributed by atoms with Crippen LogP contribution in [0.25, 0.3) is 5.70 Å². The van der Waals surface area contributed by atoms with Crippen molar-refractivity contribution in [3.05, 3.63) is 99.5 Å². The van der Waals surface area contributed by atoms with Crippen LogP contribution in [-0.4, -0.2) is 14.8 Å². The molecule has 0 amide bonds. The summed E-state index contributed by atoms with van der Waals surface area (Å²) >= 11 is 1.71. The van der Waals surface area contributed by atoms with E-state index in [9.17, 15) is 0 Å². The molecule has 2 aromatic carbocycles. The van der Waals surface area contributed by atoms with Gasteiger partial charge in [-0.05, 0) is 36.1 Å². The van der Waals surface area contributed by atoms with Gasteiger partial charge in [0.15, 0.2) is 6.10 Å². The molecule has 1 N–H and O–H groups in total. The fourth-order valence-electron chi connectivity index (χ4n) is 4.22. The first-order valence-corrected chi connectivity index (χ1v) is 10.4. The number of aryl methyl sites for hydroxylation is 1.